The van der Waals surface area contributed by atoms with Crippen LogP contribution in [0.5, 0.6) is 0 Å². The van der Waals surface area contributed by atoms with Gasteiger partial charge in [0, 0.05) is 36.8 Å². The molecule has 1 saturated heterocycles. The number of hydrogen-bond donors (Lipinski definition) is 1. The maximum absolute atomic E-state index is 13.8. The third-order valence-electron chi connectivity index (χ3n) is 7.08. The molecule has 1 N–H and O–H groups in total. The summed E-state index contributed by atoms with van der Waals surface area (Å²) >= 11 is 0. The number of amides is 2. The van der Waals surface area contributed by atoms with Crippen molar-refractivity contribution < 1.29 is 14.0 Å². The Labute approximate surface area is 222 Å². The standard InChI is InChI=1S/C29H34N6O3/c1-17-8-10-19(11-9-17)21-14-20(28(3,4)5)24-22(31-21)15-23(38-24)26(36)35-13-12-34(16-29(35,6)7)27(37)25-30-18(2)32-33-25/h8-11,14-15H,12-13,16H2,1-7H3,(H,30,32,33). The maximum atomic E-state index is 13.8. The van der Waals surface area contributed by atoms with Gasteiger partial charge in [-0.1, -0.05) is 50.6 Å². The summed E-state index contributed by atoms with van der Waals surface area (Å²) in [4.78, 5) is 37.9. The average Bonchev–Trinajstić information content (AvgIpc) is 3.48. The van der Waals surface area contributed by atoms with Crippen LogP contribution >= 0.6 is 0 Å². The second-order valence-electron chi connectivity index (χ2n) is 11.8. The highest BCUT2D eigenvalue weighted by atomic mass is 16.3. The molecule has 1 aliphatic heterocycles. The third-order valence-corrected chi connectivity index (χ3v) is 7.08. The van der Waals surface area contributed by atoms with Crippen molar-refractivity contribution in [1.29, 1.82) is 0 Å². The molecule has 4 aromatic rings. The highest BCUT2D eigenvalue weighted by molar-refractivity contribution is 5.97. The highest BCUT2D eigenvalue weighted by Crippen LogP contribution is 2.35. The van der Waals surface area contributed by atoms with E-state index in [4.69, 9.17) is 9.40 Å². The van der Waals surface area contributed by atoms with Crippen LogP contribution in [0.3, 0.4) is 0 Å². The fourth-order valence-corrected chi connectivity index (χ4v) is 4.99. The molecule has 5 rings (SSSR count). The van der Waals surface area contributed by atoms with Crippen LogP contribution in [0, 0.1) is 13.8 Å². The molecule has 38 heavy (non-hydrogen) atoms. The van der Waals surface area contributed by atoms with Crippen LogP contribution in [0.25, 0.3) is 22.4 Å². The predicted octanol–water partition coefficient (Wildman–Crippen LogP) is 4.90. The van der Waals surface area contributed by atoms with E-state index in [0.717, 1.165) is 16.8 Å². The number of carbonyl (C=O) groups is 2. The first-order valence-electron chi connectivity index (χ1n) is 12.9. The number of piperazine rings is 1. The Hall–Kier alpha value is -4.01. The van der Waals surface area contributed by atoms with E-state index in [0.29, 0.717) is 36.6 Å². The molecule has 0 aliphatic carbocycles. The molecule has 0 saturated carbocycles. The van der Waals surface area contributed by atoms with Gasteiger partial charge in [-0.05, 0) is 39.2 Å². The summed E-state index contributed by atoms with van der Waals surface area (Å²) in [6.45, 7) is 15.2. The smallest absolute Gasteiger partial charge is 0.291 e. The minimum Gasteiger partial charge on any atom is -0.449 e. The number of nitrogens with zero attached hydrogens (tertiary/aromatic N) is 5. The Kier molecular flexibility index (Phi) is 6.12. The fraction of sp³-hybridized carbons (Fsp3) is 0.414. The van der Waals surface area contributed by atoms with E-state index in [1.165, 1.54) is 5.56 Å². The SMILES string of the molecule is Cc1ccc(-c2cc(C(C)(C)C)c3oc(C(=O)N4CCN(C(=O)c5nnc(C)[nH]5)CC4(C)C)cc3n2)cc1. The van der Waals surface area contributed by atoms with E-state index in [-0.39, 0.29) is 28.8 Å². The topological polar surface area (TPSA) is 108 Å². The van der Waals surface area contributed by atoms with Crippen molar-refractivity contribution in [1.82, 2.24) is 30.0 Å². The summed E-state index contributed by atoms with van der Waals surface area (Å²) in [5, 5.41) is 7.82. The van der Waals surface area contributed by atoms with Gasteiger partial charge >= 0.3 is 0 Å². The number of aryl methyl sites for hydroxylation is 2. The molecule has 0 radical (unpaired) electrons. The number of H-pyrrole nitrogens is 1. The van der Waals surface area contributed by atoms with Crippen molar-refractivity contribution in [3.8, 4) is 11.3 Å². The normalized spacial score (nSPS) is 15.8. The van der Waals surface area contributed by atoms with Crippen molar-refractivity contribution >= 4 is 22.9 Å². The molecule has 9 nitrogen and oxygen atoms in total. The molecular formula is C29H34N6O3. The Morgan fingerprint density at radius 3 is 2.32 bits per heavy atom. The van der Waals surface area contributed by atoms with Gasteiger partial charge in [0.25, 0.3) is 11.8 Å². The number of carbonyl (C=O) groups excluding carboxylic acids is 2. The number of pyridine rings is 1. The number of aromatic nitrogens is 4. The largest absolute Gasteiger partial charge is 0.449 e. The van der Waals surface area contributed by atoms with Crippen LogP contribution in [0.15, 0.2) is 40.8 Å². The van der Waals surface area contributed by atoms with Gasteiger partial charge in [0.15, 0.2) is 11.3 Å². The van der Waals surface area contributed by atoms with Crippen LogP contribution in [0.4, 0.5) is 0 Å². The van der Waals surface area contributed by atoms with Crippen LogP contribution in [0.1, 0.15) is 72.7 Å². The molecule has 0 unspecified atom stereocenters. The number of nitrogens with one attached hydrogen (secondary N) is 1. The van der Waals surface area contributed by atoms with E-state index < -0.39 is 5.54 Å². The van der Waals surface area contributed by atoms with Crippen LogP contribution in [0.2, 0.25) is 0 Å². The second-order valence-corrected chi connectivity index (χ2v) is 11.8. The third kappa shape index (κ3) is 4.68. The summed E-state index contributed by atoms with van der Waals surface area (Å²) in [5.74, 6) is 0.600. The summed E-state index contributed by atoms with van der Waals surface area (Å²) in [5.41, 5.74) is 4.48. The second kappa shape index (κ2) is 9.08. The van der Waals surface area contributed by atoms with Gasteiger partial charge in [0.2, 0.25) is 5.82 Å². The number of furan rings is 1. The maximum Gasteiger partial charge on any atom is 0.291 e. The molecule has 1 fully saturated rings. The van der Waals surface area contributed by atoms with E-state index in [1.807, 2.05) is 13.8 Å². The number of hydrogen-bond acceptors (Lipinski definition) is 6. The zero-order valence-corrected chi connectivity index (χ0v) is 23.0. The minimum atomic E-state index is -0.619. The lowest BCUT2D eigenvalue weighted by atomic mass is 9.86. The minimum absolute atomic E-state index is 0.209. The van der Waals surface area contributed by atoms with Gasteiger partial charge < -0.3 is 19.2 Å². The highest BCUT2D eigenvalue weighted by Gasteiger charge is 2.40. The molecule has 0 atom stereocenters. The summed E-state index contributed by atoms with van der Waals surface area (Å²) in [6.07, 6.45) is 0. The first kappa shape index (κ1) is 25.6. The van der Waals surface area contributed by atoms with Gasteiger partial charge in [-0.15, -0.1) is 10.2 Å². The van der Waals surface area contributed by atoms with Crippen molar-refractivity contribution in [2.45, 2.75) is 59.4 Å². The molecule has 9 heteroatoms. The zero-order valence-electron chi connectivity index (χ0n) is 23.0. The van der Waals surface area contributed by atoms with Crippen LogP contribution in [-0.2, 0) is 5.41 Å². The van der Waals surface area contributed by atoms with E-state index in [2.05, 4.69) is 73.2 Å². The van der Waals surface area contributed by atoms with Crippen molar-refractivity contribution in [2.24, 2.45) is 0 Å². The number of fused-ring (bicyclic) bond motifs is 1. The molecule has 2 amide bonds. The summed E-state index contributed by atoms with van der Waals surface area (Å²) in [6, 6.07) is 12.1. The number of aromatic amines is 1. The molecular weight excluding hydrogens is 480 g/mol. The summed E-state index contributed by atoms with van der Waals surface area (Å²) < 4.78 is 6.23. The van der Waals surface area contributed by atoms with E-state index in [9.17, 15) is 9.59 Å². The average molecular weight is 515 g/mol. The Morgan fingerprint density at radius 1 is 1.00 bits per heavy atom. The van der Waals surface area contributed by atoms with Gasteiger partial charge in [-0.25, -0.2) is 4.98 Å². The number of benzene rings is 1. The first-order chi connectivity index (χ1) is 17.8. The lowest BCUT2D eigenvalue weighted by molar-refractivity contribution is 0.0146. The van der Waals surface area contributed by atoms with Crippen molar-refractivity contribution in [3.05, 3.63) is 64.9 Å². The van der Waals surface area contributed by atoms with E-state index in [1.54, 1.807) is 22.8 Å². The zero-order chi connectivity index (χ0) is 27.4. The Morgan fingerprint density at radius 2 is 1.71 bits per heavy atom. The Balaban J connectivity index is 1.46. The predicted molar refractivity (Wildman–Crippen MR) is 145 cm³/mol. The first-order valence-corrected chi connectivity index (χ1v) is 12.9. The number of rotatable bonds is 3. The fourth-order valence-electron chi connectivity index (χ4n) is 4.99. The molecule has 0 spiro atoms. The molecule has 4 heterocycles. The molecule has 3 aromatic heterocycles. The monoisotopic (exact) mass is 514 g/mol. The van der Waals surface area contributed by atoms with Crippen LogP contribution < -0.4 is 0 Å². The molecule has 1 aliphatic rings. The Bertz CT molecular complexity index is 1520. The quantitative estimate of drug-likeness (QED) is 0.416. The molecule has 0 bridgehead atoms. The van der Waals surface area contributed by atoms with Crippen LogP contribution in [-0.4, -0.2) is 67.0 Å². The lowest BCUT2D eigenvalue weighted by Gasteiger charge is -2.46. The summed E-state index contributed by atoms with van der Waals surface area (Å²) in [7, 11) is 0. The molecule has 1 aromatic carbocycles. The van der Waals surface area contributed by atoms with Gasteiger partial charge in [-0.2, -0.15) is 0 Å². The van der Waals surface area contributed by atoms with Gasteiger partial charge in [0.1, 0.15) is 11.3 Å². The van der Waals surface area contributed by atoms with Gasteiger partial charge in [-0.3, -0.25) is 9.59 Å². The van der Waals surface area contributed by atoms with E-state index >= 15 is 0 Å². The van der Waals surface area contributed by atoms with Crippen molar-refractivity contribution in [3.63, 3.8) is 0 Å². The lowest BCUT2D eigenvalue weighted by Crippen LogP contribution is -2.62. The molecule has 198 valence electrons. The van der Waals surface area contributed by atoms with Gasteiger partial charge in [0.05, 0.1) is 11.2 Å². The van der Waals surface area contributed by atoms with Crippen molar-refractivity contribution in [2.75, 3.05) is 19.6 Å².